The second-order valence-corrected chi connectivity index (χ2v) is 5.49. The van der Waals surface area contributed by atoms with Gasteiger partial charge in [-0.1, -0.05) is 24.3 Å². The molecule has 0 heterocycles. The Morgan fingerprint density at radius 2 is 1.80 bits per heavy atom. The third-order valence-corrected chi connectivity index (χ3v) is 4.08. The van der Waals surface area contributed by atoms with Gasteiger partial charge in [-0.2, -0.15) is 13.2 Å². The number of benzene rings is 2. The normalized spacial score (nSPS) is 11.6. The van der Waals surface area contributed by atoms with E-state index in [1.54, 1.807) is 0 Å². The van der Waals surface area contributed by atoms with E-state index in [1.165, 1.54) is 23.9 Å². The minimum Gasteiger partial charge on any atom is -0.399 e. The summed E-state index contributed by atoms with van der Waals surface area (Å²) in [7, 11) is 0. The first-order valence-electron chi connectivity index (χ1n) is 6.02. The Morgan fingerprint density at radius 1 is 1.10 bits per heavy atom. The monoisotopic (exact) mass is 297 g/mol. The van der Waals surface area contributed by atoms with Crippen LogP contribution in [-0.4, -0.2) is 0 Å². The SMILES string of the molecule is Cc1ccccc1CSc1ccc(N)cc1C(F)(F)F. The molecule has 0 aliphatic heterocycles. The molecule has 0 atom stereocenters. The molecule has 0 aliphatic rings. The van der Waals surface area contributed by atoms with E-state index in [0.717, 1.165) is 17.2 Å². The fourth-order valence-electron chi connectivity index (χ4n) is 1.82. The van der Waals surface area contributed by atoms with Gasteiger partial charge >= 0.3 is 6.18 Å². The number of anilines is 1. The molecule has 0 bridgehead atoms. The average molecular weight is 297 g/mol. The summed E-state index contributed by atoms with van der Waals surface area (Å²) in [6.07, 6.45) is -4.39. The van der Waals surface area contributed by atoms with Crippen LogP contribution >= 0.6 is 11.8 Å². The third kappa shape index (κ3) is 3.48. The lowest BCUT2D eigenvalue weighted by Gasteiger charge is -2.13. The molecule has 0 unspecified atom stereocenters. The Morgan fingerprint density at radius 3 is 2.45 bits per heavy atom. The van der Waals surface area contributed by atoms with Crippen molar-refractivity contribution in [3.8, 4) is 0 Å². The van der Waals surface area contributed by atoms with E-state index in [4.69, 9.17) is 5.73 Å². The predicted octanol–water partition coefficient (Wildman–Crippen LogP) is 4.89. The zero-order valence-corrected chi connectivity index (χ0v) is 11.7. The predicted molar refractivity (Wildman–Crippen MR) is 76.6 cm³/mol. The van der Waals surface area contributed by atoms with E-state index in [2.05, 4.69) is 0 Å². The van der Waals surface area contributed by atoms with E-state index in [1.807, 2.05) is 31.2 Å². The molecule has 2 aromatic rings. The van der Waals surface area contributed by atoms with E-state index in [0.29, 0.717) is 5.75 Å². The van der Waals surface area contributed by atoms with Crippen LogP contribution in [0.5, 0.6) is 0 Å². The number of rotatable bonds is 3. The molecular formula is C15H14F3NS. The molecule has 2 N–H and O–H groups in total. The second-order valence-electron chi connectivity index (χ2n) is 4.47. The molecule has 0 aliphatic carbocycles. The molecule has 2 aromatic carbocycles. The van der Waals surface area contributed by atoms with Gasteiger partial charge in [0.15, 0.2) is 0 Å². The van der Waals surface area contributed by atoms with Crippen LogP contribution in [0.3, 0.4) is 0 Å². The molecule has 0 spiro atoms. The topological polar surface area (TPSA) is 26.0 Å². The minimum atomic E-state index is -4.39. The Hall–Kier alpha value is -1.62. The van der Waals surface area contributed by atoms with Crippen LogP contribution in [0.4, 0.5) is 18.9 Å². The van der Waals surface area contributed by atoms with E-state index in [-0.39, 0.29) is 10.6 Å². The minimum absolute atomic E-state index is 0.123. The van der Waals surface area contributed by atoms with Crippen molar-refractivity contribution in [1.29, 1.82) is 0 Å². The summed E-state index contributed by atoms with van der Waals surface area (Å²) >= 11 is 1.17. The molecule has 0 aromatic heterocycles. The summed E-state index contributed by atoms with van der Waals surface area (Å²) in [4.78, 5) is 0.204. The van der Waals surface area contributed by atoms with Gasteiger partial charge in [-0.25, -0.2) is 0 Å². The molecule has 0 saturated carbocycles. The quantitative estimate of drug-likeness (QED) is 0.645. The van der Waals surface area contributed by atoms with E-state index >= 15 is 0 Å². The van der Waals surface area contributed by atoms with Gasteiger partial charge in [-0.3, -0.25) is 0 Å². The van der Waals surface area contributed by atoms with Crippen LogP contribution < -0.4 is 5.73 Å². The molecule has 0 radical (unpaired) electrons. The van der Waals surface area contributed by atoms with Gasteiger partial charge < -0.3 is 5.73 Å². The maximum absolute atomic E-state index is 13.0. The van der Waals surface area contributed by atoms with Crippen LogP contribution in [0.15, 0.2) is 47.4 Å². The van der Waals surface area contributed by atoms with E-state index < -0.39 is 11.7 Å². The van der Waals surface area contributed by atoms with Crippen LogP contribution in [0.2, 0.25) is 0 Å². The molecule has 2 rings (SSSR count). The number of halogens is 3. The summed E-state index contributed by atoms with van der Waals surface area (Å²) in [6, 6.07) is 11.6. The smallest absolute Gasteiger partial charge is 0.399 e. The zero-order chi connectivity index (χ0) is 14.8. The van der Waals surface area contributed by atoms with Crippen molar-refractivity contribution in [1.82, 2.24) is 0 Å². The lowest BCUT2D eigenvalue weighted by molar-refractivity contribution is -0.139. The van der Waals surface area contributed by atoms with Gasteiger partial charge in [0.1, 0.15) is 0 Å². The maximum Gasteiger partial charge on any atom is 0.417 e. The molecule has 0 fully saturated rings. The standard InChI is InChI=1S/C15H14F3NS/c1-10-4-2-3-5-11(10)9-20-14-7-6-12(19)8-13(14)15(16,17)18/h2-8H,9,19H2,1H3. The van der Waals surface area contributed by atoms with Gasteiger partial charge in [0.25, 0.3) is 0 Å². The molecule has 106 valence electrons. The zero-order valence-electron chi connectivity index (χ0n) is 10.9. The lowest BCUT2D eigenvalue weighted by atomic mass is 10.1. The first-order chi connectivity index (χ1) is 9.38. The number of alkyl halides is 3. The fourth-order valence-corrected chi connectivity index (χ4v) is 2.95. The molecule has 1 nitrogen and oxygen atoms in total. The van der Waals surface area contributed by atoms with Crippen LogP contribution in [0.1, 0.15) is 16.7 Å². The van der Waals surface area contributed by atoms with E-state index in [9.17, 15) is 13.2 Å². The van der Waals surface area contributed by atoms with Gasteiger partial charge in [-0.05, 0) is 36.2 Å². The van der Waals surface area contributed by atoms with Crippen molar-refractivity contribution in [2.45, 2.75) is 23.7 Å². The van der Waals surface area contributed by atoms with Crippen molar-refractivity contribution in [2.75, 3.05) is 5.73 Å². The Labute approximate surface area is 120 Å². The van der Waals surface area contributed by atoms with Gasteiger partial charge in [0.2, 0.25) is 0 Å². The number of thioether (sulfide) groups is 1. The Bertz CT molecular complexity index is 608. The van der Waals surface area contributed by atoms with Crippen LogP contribution in [0.25, 0.3) is 0 Å². The Kier molecular flexibility index (Phi) is 4.28. The van der Waals surface area contributed by atoms with Crippen molar-refractivity contribution < 1.29 is 13.2 Å². The van der Waals surface area contributed by atoms with Gasteiger partial charge in [0, 0.05) is 16.3 Å². The third-order valence-electron chi connectivity index (χ3n) is 2.95. The number of nitrogen functional groups attached to an aromatic ring is 1. The second kappa shape index (κ2) is 5.79. The first kappa shape index (κ1) is 14.8. The maximum atomic E-state index is 13.0. The number of hydrogen-bond acceptors (Lipinski definition) is 2. The van der Waals surface area contributed by atoms with Crippen molar-refractivity contribution >= 4 is 17.4 Å². The molecular weight excluding hydrogens is 283 g/mol. The summed E-state index contributed by atoms with van der Waals surface area (Å²) in [5, 5.41) is 0. The highest BCUT2D eigenvalue weighted by molar-refractivity contribution is 7.98. The molecule has 5 heteroatoms. The summed E-state index contributed by atoms with van der Waals surface area (Å²) in [6.45, 7) is 1.95. The van der Waals surface area contributed by atoms with Gasteiger partial charge in [-0.15, -0.1) is 11.8 Å². The first-order valence-corrected chi connectivity index (χ1v) is 7.00. The number of aryl methyl sites for hydroxylation is 1. The molecule has 0 saturated heterocycles. The van der Waals surface area contributed by atoms with Crippen molar-refractivity contribution in [3.05, 3.63) is 59.2 Å². The molecule has 20 heavy (non-hydrogen) atoms. The Balaban J connectivity index is 2.24. The summed E-state index contributed by atoms with van der Waals surface area (Å²) < 4.78 is 38.9. The lowest BCUT2D eigenvalue weighted by Crippen LogP contribution is -2.07. The molecule has 0 amide bonds. The van der Waals surface area contributed by atoms with Crippen molar-refractivity contribution in [3.63, 3.8) is 0 Å². The van der Waals surface area contributed by atoms with Crippen molar-refractivity contribution in [2.24, 2.45) is 0 Å². The highest BCUT2D eigenvalue weighted by Crippen LogP contribution is 2.38. The number of hydrogen-bond donors (Lipinski definition) is 1. The summed E-state index contributed by atoms with van der Waals surface area (Å²) in [5.41, 5.74) is 7.00. The van der Waals surface area contributed by atoms with Crippen LogP contribution in [0, 0.1) is 6.92 Å². The van der Waals surface area contributed by atoms with Crippen LogP contribution in [-0.2, 0) is 11.9 Å². The summed E-state index contributed by atoms with van der Waals surface area (Å²) in [5.74, 6) is 0.500. The highest BCUT2D eigenvalue weighted by Gasteiger charge is 2.33. The number of nitrogens with two attached hydrogens (primary N) is 1. The largest absolute Gasteiger partial charge is 0.417 e. The average Bonchev–Trinajstić information content (AvgIpc) is 2.38. The van der Waals surface area contributed by atoms with Gasteiger partial charge in [0.05, 0.1) is 5.56 Å². The highest BCUT2D eigenvalue weighted by atomic mass is 32.2. The fraction of sp³-hybridized carbons (Fsp3) is 0.200.